The van der Waals surface area contributed by atoms with Crippen LogP contribution in [0.1, 0.15) is 30.0 Å². The number of nitrogens with one attached hydrogen (secondary N) is 1. The van der Waals surface area contributed by atoms with Crippen LogP contribution in [-0.2, 0) is 19.4 Å². The van der Waals surface area contributed by atoms with Crippen molar-refractivity contribution in [2.75, 3.05) is 6.54 Å². The topological polar surface area (TPSA) is 12.0 Å². The van der Waals surface area contributed by atoms with E-state index in [9.17, 15) is 0 Å². The first-order chi connectivity index (χ1) is 9.40. The van der Waals surface area contributed by atoms with Crippen LogP contribution in [0, 0.1) is 0 Å². The number of hydrogen-bond donors (Lipinski definition) is 1. The number of benzene rings is 2. The van der Waals surface area contributed by atoms with E-state index >= 15 is 0 Å². The van der Waals surface area contributed by atoms with Crippen LogP contribution < -0.4 is 5.32 Å². The van der Waals surface area contributed by atoms with Gasteiger partial charge in [0, 0.05) is 6.54 Å². The van der Waals surface area contributed by atoms with Crippen molar-refractivity contribution in [1.29, 1.82) is 0 Å². The monoisotopic (exact) mass is 253 g/mol. The maximum atomic E-state index is 3.55. The molecule has 0 saturated heterocycles. The fraction of sp³-hybridized carbons (Fsp3) is 0.333. The first kappa shape index (κ1) is 13.8. The summed E-state index contributed by atoms with van der Waals surface area (Å²) in [6.07, 6.45) is 3.46. The maximum absolute atomic E-state index is 3.55. The largest absolute Gasteiger partial charge is 0.313 e. The van der Waals surface area contributed by atoms with Gasteiger partial charge in [0.25, 0.3) is 0 Å². The molecule has 0 aliphatic rings. The lowest BCUT2D eigenvalue weighted by molar-refractivity contribution is 0.646. The minimum atomic E-state index is 0.985. The summed E-state index contributed by atoms with van der Waals surface area (Å²) in [5.41, 5.74) is 4.32. The molecule has 0 radical (unpaired) electrons. The summed E-state index contributed by atoms with van der Waals surface area (Å²) in [4.78, 5) is 0. The predicted octanol–water partition coefficient (Wildman–Crippen LogP) is 3.97. The summed E-state index contributed by atoms with van der Waals surface area (Å²) >= 11 is 0. The first-order valence-corrected chi connectivity index (χ1v) is 7.21. The first-order valence-electron chi connectivity index (χ1n) is 7.21. The molecular weight excluding hydrogens is 230 g/mol. The van der Waals surface area contributed by atoms with Gasteiger partial charge in [0.05, 0.1) is 0 Å². The highest BCUT2D eigenvalue weighted by Crippen LogP contribution is 2.09. The molecule has 0 spiro atoms. The van der Waals surface area contributed by atoms with Crippen LogP contribution in [0.4, 0.5) is 0 Å². The summed E-state index contributed by atoms with van der Waals surface area (Å²) < 4.78 is 0. The summed E-state index contributed by atoms with van der Waals surface area (Å²) in [5.74, 6) is 0. The zero-order valence-corrected chi connectivity index (χ0v) is 11.7. The van der Waals surface area contributed by atoms with Gasteiger partial charge in [-0.1, -0.05) is 61.5 Å². The van der Waals surface area contributed by atoms with Gasteiger partial charge in [-0.2, -0.15) is 0 Å². The Bertz CT molecular complexity index is 476. The zero-order chi connectivity index (χ0) is 13.3. The summed E-state index contributed by atoms with van der Waals surface area (Å²) in [6.45, 7) is 4.28. The van der Waals surface area contributed by atoms with Crippen molar-refractivity contribution >= 4 is 0 Å². The minimum Gasteiger partial charge on any atom is -0.313 e. The normalized spacial score (nSPS) is 10.6. The average Bonchev–Trinajstić information content (AvgIpc) is 2.48. The summed E-state index contributed by atoms with van der Waals surface area (Å²) in [6, 6.07) is 19.4. The second-order valence-electron chi connectivity index (χ2n) is 4.89. The number of rotatable bonds is 7. The fourth-order valence-electron chi connectivity index (χ4n) is 2.36. The van der Waals surface area contributed by atoms with Gasteiger partial charge in [0.15, 0.2) is 0 Å². The van der Waals surface area contributed by atoms with Crippen molar-refractivity contribution in [3.63, 3.8) is 0 Å². The molecule has 0 atom stereocenters. The Kier molecular flexibility index (Phi) is 5.64. The van der Waals surface area contributed by atoms with Gasteiger partial charge in [-0.15, -0.1) is 0 Å². The van der Waals surface area contributed by atoms with Crippen molar-refractivity contribution in [3.8, 4) is 0 Å². The molecule has 0 unspecified atom stereocenters. The number of aryl methyl sites for hydroxylation is 2. The molecule has 0 heterocycles. The van der Waals surface area contributed by atoms with Crippen LogP contribution in [0.2, 0.25) is 0 Å². The SMILES string of the molecule is CCc1ccccc1CNCCCc1ccccc1. The Morgan fingerprint density at radius 1 is 0.842 bits per heavy atom. The Balaban J connectivity index is 1.69. The quantitative estimate of drug-likeness (QED) is 0.736. The molecule has 0 bridgehead atoms. The van der Waals surface area contributed by atoms with Gasteiger partial charge in [0.2, 0.25) is 0 Å². The smallest absolute Gasteiger partial charge is 0.0208 e. The molecule has 0 aliphatic heterocycles. The van der Waals surface area contributed by atoms with Gasteiger partial charge >= 0.3 is 0 Å². The van der Waals surface area contributed by atoms with Gasteiger partial charge in [0.1, 0.15) is 0 Å². The molecule has 19 heavy (non-hydrogen) atoms. The molecule has 0 fully saturated rings. The van der Waals surface area contributed by atoms with Gasteiger partial charge in [-0.25, -0.2) is 0 Å². The maximum Gasteiger partial charge on any atom is 0.0208 e. The van der Waals surface area contributed by atoms with E-state index in [1.807, 2.05) is 0 Å². The molecule has 0 amide bonds. The molecule has 2 rings (SSSR count). The van der Waals surface area contributed by atoms with E-state index < -0.39 is 0 Å². The van der Waals surface area contributed by atoms with E-state index in [4.69, 9.17) is 0 Å². The number of hydrogen-bond acceptors (Lipinski definition) is 1. The van der Waals surface area contributed by atoms with E-state index in [0.29, 0.717) is 0 Å². The van der Waals surface area contributed by atoms with Crippen LogP contribution in [0.25, 0.3) is 0 Å². The van der Waals surface area contributed by atoms with Crippen LogP contribution in [0.15, 0.2) is 54.6 Å². The standard InChI is InChI=1S/C18H23N/c1-2-17-12-6-7-13-18(17)15-19-14-8-11-16-9-4-3-5-10-16/h3-7,9-10,12-13,19H,2,8,11,14-15H2,1H3. The van der Waals surface area contributed by atoms with Crippen molar-refractivity contribution in [2.45, 2.75) is 32.7 Å². The van der Waals surface area contributed by atoms with Crippen molar-refractivity contribution < 1.29 is 0 Å². The highest BCUT2D eigenvalue weighted by molar-refractivity contribution is 5.26. The molecular formula is C18H23N. The Morgan fingerprint density at radius 2 is 1.53 bits per heavy atom. The molecule has 100 valence electrons. The van der Waals surface area contributed by atoms with Gasteiger partial charge in [-0.3, -0.25) is 0 Å². The Morgan fingerprint density at radius 3 is 2.26 bits per heavy atom. The lowest BCUT2D eigenvalue weighted by Crippen LogP contribution is -2.16. The molecule has 0 saturated carbocycles. The van der Waals surface area contributed by atoms with Crippen molar-refractivity contribution in [2.24, 2.45) is 0 Å². The van der Waals surface area contributed by atoms with Crippen molar-refractivity contribution in [1.82, 2.24) is 5.32 Å². The van der Waals surface area contributed by atoms with E-state index in [0.717, 1.165) is 25.9 Å². The lowest BCUT2D eigenvalue weighted by atomic mass is 10.1. The van der Waals surface area contributed by atoms with Crippen molar-refractivity contribution in [3.05, 3.63) is 71.3 Å². The van der Waals surface area contributed by atoms with Crippen LogP contribution in [-0.4, -0.2) is 6.54 Å². The minimum absolute atomic E-state index is 0.985. The van der Waals surface area contributed by atoms with Crippen LogP contribution >= 0.6 is 0 Å². The average molecular weight is 253 g/mol. The summed E-state index contributed by atoms with van der Waals surface area (Å²) in [7, 11) is 0. The highest BCUT2D eigenvalue weighted by Gasteiger charge is 1.98. The molecule has 2 aromatic rings. The third-order valence-electron chi connectivity index (χ3n) is 3.48. The molecule has 1 nitrogen and oxygen atoms in total. The zero-order valence-electron chi connectivity index (χ0n) is 11.7. The summed E-state index contributed by atoms with van der Waals surface area (Å²) in [5, 5.41) is 3.55. The second kappa shape index (κ2) is 7.75. The van der Waals surface area contributed by atoms with E-state index in [-0.39, 0.29) is 0 Å². The predicted molar refractivity (Wildman–Crippen MR) is 82.3 cm³/mol. The van der Waals surface area contributed by atoms with Gasteiger partial charge < -0.3 is 5.32 Å². The Hall–Kier alpha value is -1.60. The molecule has 0 aromatic heterocycles. The van der Waals surface area contributed by atoms with E-state index in [1.165, 1.54) is 23.1 Å². The van der Waals surface area contributed by atoms with E-state index in [1.54, 1.807) is 0 Å². The van der Waals surface area contributed by atoms with Crippen LogP contribution in [0.5, 0.6) is 0 Å². The highest BCUT2D eigenvalue weighted by atomic mass is 14.8. The third kappa shape index (κ3) is 4.53. The van der Waals surface area contributed by atoms with Crippen LogP contribution in [0.3, 0.4) is 0 Å². The van der Waals surface area contributed by atoms with E-state index in [2.05, 4.69) is 66.8 Å². The van der Waals surface area contributed by atoms with Gasteiger partial charge in [-0.05, 0) is 42.5 Å². The third-order valence-corrected chi connectivity index (χ3v) is 3.48. The fourth-order valence-corrected chi connectivity index (χ4v) is 2.36. The molecule has 2 aromatic carbocycles. The molecule has 1 heteroatoms. The lowest BCUT2D eigenvalue weighted by Gasteiger charge is -2.09. The molecule has 0 aliphatic carbocycles. The Labute approximate surface area is 116 Å². The molecule has 1 N–H and O–H groups in total. The second-order valence-corrected chi connectivity index (χ2v) is 4.89.